The van der Waals surface area contributed by atoms with Gasteiger partial charge < -0.3 is 14.6 Å². The van der Waals surface area contributed by atoms with Crippen LogP contribution >= 0.6 is 0 Å². The first-order chi connectivity index (χ1) is 9.29. The molecule has 100 valence electrons. The summed E-state index contributed by atoms with van der Waals surface area (Å²) in [6, 6.07) is 7.55. The second kappa shape index (κ2) is 6.70. The van der Waals surface area contributed by atoms with Crippen molar-refractivity contribution in [1.82, 2.24) is 14.9 Å². The quantitative estimate of drug-likeness (QED) is 0.796. The van der Waals surface area contributed by atoms with E-state index in [1.165, 1.54) is 0 Å². The van der Waals surface area contributed by atoms with Crippen molar-refractivity contribution < 1.29 is 9.53 Å². The average Bonchev–Trinajstić information content (AvgIpc) is 2.93. The Morgan fingerprint density at radius 3 is 2.79 bits per heavy atom. The number of imidazole rings is 1. The van der Waals surface area contributed by atoms with Crippen LogP contribution in [0.2, 0.25) is 0 Å². The van der Waals surface area contributed by atoms with E-state index in [0.29, 0.717) is 18.7 Å². The highest BCUT2D eigenvalue weighted by atomic mass is 16.5. The van der Waals surface area contributed by atoms with Gasteiger partial charge in [-0.1, -0.05) is 12.1 Å². The summed E-state index contributed by atoms with van der Waals surface area (Å²) in [5.41, 5.74) is 1.79. The molecule has 0 spiro atoms. The van der Waals surface area contributed by atoms with Gasteiger partial charge >= 0.3 is 0 Å². The van der Waals surface area contributed by atoms with Gasteiger partial charge in [-0.3, -0.25) is 4.79 Å². The van der Waals surface area contributed by atoms with Crippen molar-refractivity contribution in [1.29, 1.82) is 0 Å². The molecule has 2 aromatic rings. The van der Waals surface area contributed by atoms with Crippen LogP contribution in [0.5, 0.6) is 0 Å². The molecular weight excluding hydrogens is 242 g/mol. The Morgan fingerprint density at radius 1 is 1.37 bits per heavy atom. The Morgan fingerprint density at radius 2 is 2.16 bits per heavy atom. The Labute approximate surface area is 112 Å². The van der Waals surface area contributed by atoms with E-state index in [1.807, 2.05) is 35.0 Å². The highest BCUT2D eigenvalue weighted by molar-refractivity contribution is 5.94. The minimum absolute atomic E-state index is 0.0776. The van der Waals surface area contributed by atoms with E-state index < -0.39 is 0 Å². The molecule has 5 heteroatoms. The van der Waals surface area contributed by atoms with Gasteiger partial charge in [0.05, 0.1) is 12.9 Å². The number of carbonyl (C=O) groups excluding carboxylic acids is 1. The number of amides is 1. The van der Waals surface area contributed by atoms with Gasteiger partial charge in [0.15, 0.2) is 0 Å². The van der Waals surface area contributed by atoms with E-state index in [2.05, 4.69) is 10.3 Å². The molecule has 0 fully saturated rings. The van der Waals surface area contributed by atoms with E-state index in [1.54, 1.807) is 19.6 Å². The van der Waals surface area contributed by atoms with E-state index in [0.717, 1.165) is 12.1 Å². The Kier molecular flexibility index (Phi) is 4.69. The van der Waals surface area contributed by atoms with Crippen LogP contribution in [0.1, 0.15) is 15.9 Å². The molecular formula is C14H17N3O2. The number of benzene rings is 1. The molecule has 0 atom stereocenters. The minimum Gasteiger partial charge on any atom is -0.383 e. The lowest BCUT2D eigenvalue weighted by molar-refractivity contribution is 0.0937. The maximum Gasteiger partial charge on any atom is 0.251 e. The van der Waals surface area contributed by atoms with Gasteiger partial charge in [0.2, 0.25) is 0 Å². The second-order valence-corrected chi connectivity index (χ2v) is 4.18. The van der Waals surface area contributed by atoms with Crippen LogP contribution in [0, 0.1) is 0 Å². The number of nitrogens with zero attached hydrogens (tertiary/aromatic N) is 2. The molecule has 0 saturated carbocycles. The summed E-state index contributed by atoms with van der Waals surface area (Å²) < 4.78 is 6.86. The summed E-state index contributed by atoms with van der Waals surface area (Å²) in [4.78, 5) is 15.8. The smallest absolute Gasteiger partial charge is 0.251 e. The highest BCUT2D eigenvalue weighted by Crippen LogP contribution is 2.06. The number of methoxy groups -OCH3 is 1. The molecule has 2 rings (SSSR count). The van der Waals surface area contributed by atoms with E-state index >= 15 is 0 Å². The fourth-order valence-corrected chi connectivity index (χ4v) is 1.72. The summed E-state index contributed by atoms with van der Waals surface area (Å²) in [6.45, 7) is 1.79. The molecule has 0 bridgehead atoms. The molecule has 5 nitrogen and oxygen atoms in total. The highest BCUT2D eigenvalue weighted by Gasteiger charge is 2.04. The number of hydrogen-bond donors (Lipinski definition) is 1. The zero-order valence-electron chi connectivity index (χ0n) is 10.9. The van der Waals surface area contributed by atoms with Crippen LogP contribution in [-0.2, 0) is 11.3 Å². The van der Waals surface area contributed by atoms with Crippen LogP contribution in [0.25, 0.3) is 0 Å². The van der Waals surface area contributed by atoms with Gasteiger partial charge in [-0.15, -0.1) is 0 Å². The number of ether oxygens (including phenoxy) is 1. The van der Waals surface area contributed by atoms with Crippen molar-refractivity contribution in [2.45, 2.75) is 6.54 Å². The van der Waals surface area contributed by atoms with Gasteiger partial charge in [-0.25, -0.2) is 4.98 Å². The Bertz CT molecular complexity index is 506. The average molecular weight is 259 g/mol. The molecule has 0 aliphatic heterocycles. The summed E-state index contributed by atoms with van der Waals surface area (Å²) in [5, 5.41) is 2.79. The summed E-state index contributed by atoms with van der Waals surface area (Å²) in [7, 11) is 1.61. The minimum atomic E-state index is -0.0776. The van der Waals surface area contributed by atoms with E-state index in [9.17, 15) is 4.79 Å². The molecule has 1 amide bonds. The predicted octanol–water partition coefficient (Wildman–Crippen LogP) is 1.31. The zero-order chi connectivity index (χ0) is 13.5. The van der Waals surface area contributed by atoms with Crippen LogP contribution in [0.4, 0.5) is 0 Å². The third kappa shape index (κ3) is 3.93. The molecule has 1 aromatic heterocycles. The van der Waals surface area contributed by atoms with Gasteiger partial charge in [-0.2, -0.15) is 0 Å². The molecule has 0 aliphatic carbocycles. The van der Waals surface area contributed by atoms with Crippen molar-refractivity contribution in [3.8, 4) is 0 Å². The maximum absolute atomic E-state index is 11.8. The molecule has 0 aliphatic rings. The van der Waals surface area contributed by atoms with Crippen molar-refractivity contribution in [3.05, 3.63) is 54.1 Å². The van der Waals surface area contributed by atoms with E-state index in [-0.39, 0.29) is 5.91 Å². The normalized spacial score (nSPS) is 10.4. The number of rotatable bonds is 6. The number of carbonyl (C=O) groups is 1. The van der Waals surface area contributed by atoms with Crippen molar-refractivity contribution in [2.75, 3.05) is 20.3 Å². The first-order valence-corrected chi connectivity index (χ1v) is 6.11. The first kappa shape index (κ1) is 13.3. The van der Waals surface area contributed by atoms with Crippen molar-refractivity contribution >= 4 is 5.91 Å². The molecule has 1 N–H and O–H groups in total. The first-order valence-electron chi connectivity index (χ1n) is 6.11. The second-order valence-electron chi connectivity index (χ2n) is 4.18. The predicted molar refractivity (Wildman–Crippen MR) is 72.0 cm³/mol. The van der Waals surface area contributed by atoms with Crippen molar-refractivity contribution in [2.24, 2.45) is 0 Å². The fraction of sp³-hybridized carbons (Fsp3) is 0.286. The maximum atomic E-state index is 11.8. The van der Waals surface area contributed by atoms with Crippen molar-refractivity contribution in [3.63, 3.8) is 0 Å². The monoisotopic (exact) mass is 259 g/mol. The van der Waals surface area contributed by atoms with E-state index in [4.69, 9.17) is 4.74 Å². The van der Waals surface area contributed by atoms with Gasteiger partial charge in [0.25, 0.3) is 5.91 Å². The van der Waals surface area contributed by atoms with Crippen LogP contribution in [-0.4, -0.2) is 35.7 Å². The lowest BCUT2D eigenvalue weighted by atomic mass is 10.1. The molecule has 0 unspecified atom stereocenters. The molecule has 1 aromatic carbocycles. The largest absolute Gasteiger partial charge is 0.383 e. The number of hydrogen-bond acceptors (Lipinski definition) is 3. The van der Waals surface area contributed by atoms with Gasteiger partial charge in [-0.05, 0) is 17.7 Å². The molecule has 0 saturated heterocycles. The summed E-state index contributed by atoms with van der Waals surface area (Å²) in [6.07, 6.45) is 5.42. The lowest BCUT2D eigenvalue weighted by Gasteiger charge is -2.06. The molecule has 1 heterocycles. The third-order valence-corrected chi connectivity index (χ3v) is 2.73. The summed E-state index contributed by atoms with van der Waals surface area (Å²) >= 11 is 0. The zero-order valence-corrected chi connectivity index (χ0v) is 10.9. The Balaban J connectivity index is 1.92. The standard InChI is InChI=1S/C14H17N3O2/c1-19-9-7-16-14(18)13-4-2-12(3-5-13)10-17-8-6-15-11-17/h2-6,8,11H,7,9-10H2,1H3,(H,16,18). The van der Waals surface area contributed by atoms with Crippen LogP contribution in [0.15, 0.2) is 43.0 Å². The Hall–Kier alpha value is -2.14. The SMILES string of the molecule is COCCNC(=O)c1ccc(Cn2ccnc2)cc1. The summed E-state index contributed by atoms with van der Waals surface area (Å²) in [5.74, 6) is -0.0776. The fourth-order valence-electron chi connectivity index (χ4n) is 1.72. The lowest BCUT2D eigenvalue weighted by Crippen LogP contribution is -2.26. The number of nitrogens with one attached hydrogen (secondary N) is 1. The van der Waals surface area contributed by atoms with Crippen LogP contribution in [0.3, 0.4) is 0 Å². The number of aromatic nitrogens is 2. The van der Waals surface area contributed by atoms with Gasteiger partial charge in [0.1, 0.15) is 0 Å². The third-order valence-electron chi connectivity index (χ3n) is 2.73. The topological polar surface area (TPSA) is 56.1 Å². The molecule has 19 heavy (non-hydrogen) atoms. The van der Waals surface area contributed by atoms with Crippen LogP contribution < -0.4 is 5.32 Å². The molecule has 0 radical (unpaired) electrons. The van der Waals surface area contributed by atoms with Gasteiger partial charge in [0, 0.05) is 38.2 Å².